The lowest BCUT2D eigenvalue weighted by Crippen LogP contribution is -2.12. The SMILES string of the molecule is O=C(CF)Nc1cccc(F)c1. The van der Waals surface area contributed by atoms with Crippen molar-refractivity contribution in [1.29, 1.82) is 0 Å². The van der Waals surface area contributed by atoms with Gasteiger partial charge in [-0.3, -0.25) is 4.79 Å². The highest BCUT2D eigenvalue weighted by molar-refractivity contribution is 5.91. The van der Waals surface area contributed by atoms with Crippen LogP contribution in [0.25, 0.3) is 0 Å². The molecular formula is C8H7F2NO. The van der Waals surface area contributed by atoms with Crippen LogP contribution in [0.4, 0.5) is 14.5 Å². The van der Waals surface area contributed by atoms with Crippen LogP contribution >= 0.6 is 0 Å². The minimum atomic E-state index is -1.10. The van der Waals surface area contributed by atoms with E-state index < -0.39 is 18.4 Å². The molecule has 1 aromatic carbocycles. The number of amides is 1. The second-order valence-corrected chi connectivity index (χ2v) is 2.19. The molecule has 12 heavy (non-hydrogen) atoms. The zero-order valence-electron chi connectivity index (χ0n) is 6.18. The van der Waals surface area contributed by atoms with Crippen LogP contribution in [-0.2, 0) is 4.79 Å². The third kappa shape index (κ3) is 2.30. The van der Waals surface area contributed by atoms with Gasteiger partial charge in [-0.2, -0.15) is 0 Å². The third-order valence-electron chi connectivity index (χ3n) is 1.23. The summed E-state index contributed by atoms with van der Waals surface area (Å²) >= 11 is 0. The Labute approximate surface area is 68.2 Å². The molecule has 0 aliphatic carbocycles. The molecule has 2 nitrogen and oxygen atoms in total. The molecule has 1 aromatic rings. The van der Waals surface area contributed by atoms with E-state index in [1.807, 2.05) is 0 Å². The first kappa shape index (κ1) is 8.64. The van der Waals surface area contributed by atoms with E-state index in [4.69, 9.17) is 0 Å². The molecule has 0 fully saturated rings. The van der Waals surface area contributed by atoms with Gasteiger partial charge in [0.1, 0.15) is 5.82 Å². The molecule has 0 saturated heterocycles. The van der Waals surface area contributed by atoms with Crippen LogP contribution in [0.5, 0.6) is 0 Å². The van der Waals surface area contributed by atoms with Crippen LogP contribution in [-0.4, -0.2) is 12.6 Å². The van der Waals surface area contributed by atoms with Gasteiger partial charge in [-0.15, -0.1) is 0 Å². The fraction of sp³-hybridized carbons (Fsp3) is 0.125. The number of hydrogen-bond donors (Lipinski definition) is 1. The Kier molecular flexibility index (Phi) is 2.74. The van der Waals surface area contributed by atoms with Crippen molar-refractivity contribution in [2.75, 3.05) is 12.0 Å². The maximum atomic E-state index is 12.5. The first-order chi connectivity index (χ1) is 5.72. The van der Waals surface area contributed by atoms with Gasteiger partial charge >= 0.3 is 0 Å². The van der Waals surface area contributed by atoms with Gasteiger partial charge in [-0.1, -0.05) is 6.07 Å². The van der Waals surface area contributed by atoms with Crippen molar-refractivity contribution in [2.24, 2.45) is 0 Å². The summed E-state index contributed by atoms with van der Waals surface area (Å²) in [4.78, 5) is 10.5. The standard InChI is InChI=1S/C8H7F2NO/c9-5-8(12)11-7-3-1-2-6(10)4-7/h1-4H,5H2,(H,11,12). The average molecular weight is 171 g/mol. The van der Waals surface area contributed by atoms with Crippen molar-refractivity contribution in [3.05, 3.63) is 30.1 Å². The Bertz CT molecular complexity index is 288. The lowest BCUT2D eigenvalue weighted by Gasteiger charge is -2.00. The van der Waals surface area contributed by atoms with Crippen molar-refractivity contribution in [3.8, 4) is 0 Å². The highest BCUT2D eigenvalue weighted by Crippen LogP contribution is 2.08. The minimum Gasteiger partial charge on any atom is -0.324 e. The van der Waals surface area contributed by atoms with Crippen LogP contribution in [0, 0.1) is 5.82 Å². The molecule has 0 spiro atoms. The molecule has 64 valence electrons. The number of benzene rings is 1. The predicted octanol–water partition coefficient (Wildman–Crippen LogP) is 1.73. The summed E-state index contributed by atoms with van der Waals surface area (Å²) in [5, 5.41) is 2.18. The van der Waals surface area contributed by atoms with Crippen molar-refractivity contribution >= 4 is 11.6 Å². The van der Waals surface area contributed by atoms with Crippen LogP contribution in [0.3, 0.4) is 0 Å². The zero-order valence-corrected chi connectivity index (χ0v) is 6.18. The summed E-state index contributed by atoms with van der Waals surface area (Å²) in [5.41, 5.74) is 0.262. The Morgan fingerprint density at radius 1 is 1.50 bits per heavy atom. The molecule has 0 heterocycles. The summed E-state index contributed by atoms with van der Waals surface area (Å²) in [6, 6.07) is 5.28. The molecule has 0 aliphatic heterocycles. The summed E-state index contributed by atoms with van der Waals surface area (Å²) in [5.74, 6) is -1.24. The molecule has 0 atom stereocenters. The molecule has 1 amide bonds. The van der Waals surface area contributed by atoms with Crippen LogP contribution < -0.4 is 5.32 Å². The Balaban J connectivity index is 2.69. The number of alkyl halides is 1. The molecule has 0 unspecified atom stereocenters. The Morgan fingerprint density at radius 2 is 2.25 bits per heavy atom. The summed E-state index contributed by atoms with van der Waals surface area (Å²) < 4.78 is 24.1. The van der Waals surface area contributed by atoms with Gasteiger partial charge in [0.15, 0.2) is 6.67 Å². The molecule has 0 saturated carbocycles. The van der Waals surface area contributed by atoms with Gasteiger partial charge < -0.3 is 5.32 Å². The van der Waals surface area contributed by atoms with Crippen molar-refractivity contribution in [1.82, 2.24) is 0 Å². The van der Waals surface area contributed by atoms with Crippen LogP contribution in [0.15, 0.2) is 24.3 Å². The molecule has 1 N–H and O–H groups in total. The van der Waals surface area contributed by atoms with Gasteiger partial charge in [-0.05, 0) is 18.2 Å². The van der Waals surface area contributed by atoms with E-state index in [2.05, 4.69) is 5.32 Å². The maximum Gasteiger partial charge on any atom is 0.255 e. The van der Waals surface area contributed by atoms with Gasteiger partial charge in [0.2, 0.25) is 0 Å². The van der Waals surface area contributed by atoms with Crippen LogP contribution in [0.1, 0.15) is 0 Å². The fourth-order valence-electron chi connectivity index (χ4n) is 0.761. The van der Waals surface area contributed by atoms with E-state index in [0.717, 1.165) is 6.07 Å². The number of anilines is 1. The second kappa shape index (κ2) is 3.80. The van der Waals surface area contributed by atoms with Crippen molar-refractivity contribution in [3.63, 3.8) is 0 Å². The smallest absolute Gasteiger partial charge is 0.255 e. The maximum absolute atomic E-state index is 12.5. The topological polar surface area (TPSA) is 29.1 Å². The molecule has 1 rings (SSSR count). The molecule has 0 bridgehead atoms. The van der Waals surface area contributed by atoms with Gasteiger partial charge in [-0.25, -0.2) is 8.78 Å². The molecule has 0 aliphatic rings. The van der Waals surface area contributed by atoms with E-state index in [1.54, 1.807) is 0 Å². The number of halogens is 2. The second-order valence-electron chi connectivity index (χ2n) is 2.19. The number of nitrogens with one attached hydrogen (secondary N) is 1. The number of carbonyl (C=O) groups excluding carboxylic acids is 1. The average Bonchev–Trinajstić information content (AvgIpc) is 2.04. The highest BCUT2D eigenvalue weighted by atomic mass is 19.1. The molecule has 0 aromatic heterocycles. The quantitative estimate of drug-likeness (QED) is 0.721. The summed E-state index contributed by atoms with van der Waals surface area (Å²) in [6.45, 7) is -1.10. The van der Waals surface area contributed by atoms with Gasteiger partial charge in [0, 0.05) is 5.69 Å². The normalized spacial score (nSPS) is 9.50. The van der Waals surface area contributed by atoms with E-state index in [1.165, 1.54) is 18.2 Å². The summed E-state index contributed by atoms with van der Waals surface area (Å²) in [7, 11) is 0. The number of rotatable bonds is 2. The first-order valence-electron chi connectivity index (χ1n) is 3.34. The van der Waals surface area contributed by atoms with E-state index >= 15 is 0 Å². The number of hydrogen-bond acceptors (Lipinski definition) is 1. The van der Waals surface area contributed by atoms with E-state index in [0.29, 0.717) is 0 Å². The lowest BCUT2D eigenvalue weighted by molar-refractivity contribution is -0.117. The van der Waals surface area contributed by atoms with Gasteiger partial charge in [0.25, 0.3) is 5.91 Å². The molecular weight excluding hydrogens is 164 g/mol. The minimum absolute atomic E-state index is 0.262. The molecule has 4 heteroatoms. The lowest BCUT2D eigenvalue weighted by atomic mass is 10.3. The predicted molar refractivity (Wildman–Crippen MR) is 41.0 cm³/mol. The fourth-order valence-corrected chi connectivity index (χ4v) is 0.761. The largest absolute Gasteiger partial charge is 0.324 e. The molecule has 0 radical (unpaired) electrons. The van der Waals surface area contributed by atoms with E-state index in [-0.39, 0.29) is 5.69 Å². The van der Waals surface area contributed by atoms with Crippen LogP contribution in [0.2, 0.25) is 0 Å². The number of carbonyl (C=O) groups is 1. The first-order valence-corrected chi connectivity index (χ1v) is 3.34. The monoisotopic (exact) mass is 171 g/mol. The Morgan fingerprint density at radius 3 is 2.83 bits per heavy atom. The Hall–Kier alpha value is -1.45. The highest BCUT2D eigenvalue weighted by Gasteiger charge is 2.00. The summed E-state index contributed by atoms with van der Waals surface area (Å²) in [6.07, 6.45) is 0. The van der Waals surface area contributed by atoms with Crippen molar-refractivity contribution in [2.45, 2.75) is 0 Å². The van der Waals surface area contributed by atoms with Gasteiger partial charge in [0.05, 0.1) is 0 Å². The van der Waals surface area contributed by atoms with E-state index in [9.17, 15) is 13.6 Å². The third-order valence-corrected chi connectivity index (χ3v) is 1.23. The van der Waals surface area contributed by atoms with Crippen molar-refractivity contribution < 1.29 is 13.6 Å². The zero-order chi connectivity index (χ0) is 8.97.